The first kappa shape index (κ1) is 20.5. The number of phenolic OH excluding ortho intramolecular Hbond substituents is 1. The summed E-state index contributed by atoms with van der Waals surface area (Å²) in [6.07, 6.45) is 4.21. The maximum Gasteiger partial charge on any atom is 0.239 e. The summed E-state index contributed by atoms with van der Waals surface area (Å²) in [5.41, 5.74) is 2.81. The van der Waals surface area contributed by atoms with E-state index in [1.54, 1.807) is 36.7 Å². The van der Waals surface area contributed by atoms with Gasteiger partial charge in [0.1, 0.15) is 11.8 Å². The highest BCUT2D eigenvalue weighted by molar-refractivity contribution is 9.10. The highest BCUT2D eigenvalue weighted by Crippen LogP contribution is 2.43. The topological polar surface area (TPSA) is 79.5 Å². The molecule has 0 radical (unpaired) electrons. The van der Waals surface area contributed by atoms with Crippen molar-refractivity contribution in [3.8, 4) is 5.75 Å². The Labute approximate surface area is 183 Å². The van der Waals surface area contributed by atoms with Crippen molar-refractivity contribution >= 4 is 15.9 Å². The van der Waals surface area contributed by atoms with E-state index in [0.29, 0.717) is 13.0 Å². The van der Waals surface area contributed by atoms with Gasteiger partial charge in [0, 0.05) is 34.9 Å². The lowest BCUT2D eigenvalue weighted by molar-refractivity contribution is -0.540. The molecule has 2 aromatic carbocycles. The molecule has 4 rings (SSSR count). The number of pyridine rings is 1. The van der Waals surface area contributed by atoms with Crippen LogP contribution in [0.1, 0.15) is 35.1 Å². The molecule has 30 heavy (non-hydrogen) atoms. The molecule has 2 heterocycles. The molecular formula is C23H22BrN3O3. The van der Waals surface area contributed by atoms with E-state index in [1.807, 2.05) is 36.4 Å². The molecule has 0 spiro atoms. The molecule has 3 atom stereocenters. The fourth-order valence-electron chi connectivity index (χ4n) is 4.41. The molecule has 1 saturated heterocycles. The van der Waals surface area contributed by atoms with Crippen LogP contribution in [0.15, 0.2) is 77.5 Å². The third-order valence-electron chi connectivity index (χ3n) is 5.75. The van der Waals surface area contributed by atoms with Crippen molar-refractivity contribution in [2.24, 2.45) is 0 Å². The summed E-state index contributed by atoms with van der Waals surface area (Å²) < 4.78 is 0.895. The first-order valence-corrected chi connectivity index (χ1v) is 10.6. The number of aromatic hydroxyl groups is 1. The van der Waals surface area contributed by atoms with Crippen LogP contribution < -0.4 is 0 Å². The number of nitro groups is 1. The number of halogens is 1. The van der Waals surface area contributed by atoms with Crippen molar-refractivity contribution < 1.29 is 10.0 Å². The molecule has 6 nitrogen and oxygen atoms in total. The summed E-state index contributed by atoms with van der Waals surface area (Å²) in [6.45, 7) is 1.29. The molecule has 1 aliphatic rings. The van der Waals surface area contributed by atoms with Crippen molar-refractivity contribution in [2.45, 2.75) is 31.0 Å². The summed E-state index contributed by atoms with van der Waals surface area (Å²) in [5, 5.41) is 22.1. The van der Waals surface area contributed by atoms with E-state index < -0.39 is 12.1 Å². The van der Waals surface area contributed by atoms with Gasteiger partial charge in [0.05, 0.1) is 5.92 Å². The zero-order valence-corrected chi connectivity index (χ0v) is 17.9. The van der Waals surface area contributed by atoms with Gasteiger partial charge >= 0.3 is 0 Å². The second-order valence-corrected chi connectivity index (χ2v) is 8.42. The van der Waals surface area contributed by atoms with E-state index in [0.717, 1.165) is 27.7 Å². The number of aromatic nitrogens is 1. The highest BCUT2D eigenvalue weighted by atomic mass is 79.9. The summed E-state index contributed by atoms with van der Waals surface area (Å²) >= 11 is 3.59. The molecule has 1 aliphatic heterocycles. The van der Waals surface area contributed by atoms with Gasteiger partial charge in [-0.2, -0.15) is 0 Å². The summed E-state index contributed by atoms with van der Waals surface area (Å²) in [7, 11) is 0. The maximum absolute atomic E-state index is 12.4. The molecule has 0 amide bonds. The van der Waals surface area contributed by atoms with E-state index in [2.05, 4.69) is 25.8 Å². The number of likely N-dealkylation sites (tertiary alicyclic amines) is 1. The second kappa shape index (κ2) is 8.93. The molecule has 1 unspecified atom stereocenters. The number of rotatable bonds is 5. The smallest absolute Gasteiger partial charge is 0.239 e. The first-order valence-electron chi connectivity index (χ1n) is 9.84. The van der Waals surface area contributed by atoms with E-state index >= 15 is 0 Å². The Morgan fingerprint density at radius 1 is 1.13 bits per heavy atom. The Morgan fingerprint density at radius 3 is 2.57 bits per heavy atom. The summed E-state index contributed by atoms with van der Waals surface area (Å²) in [4.78, 5) is 18.6. The van der Waals surface area contributed by atoms with Crippen molar-refractivity contribution in [3.05, 3.63) is 104 Å². The van der Waals surface area contributed by atoms with Crippen LogP contribution in [0, 0.1) is 10.1 Å². The number of piperidine rings is 1. The molecule has 1 N–H and O–H groups in total. The van der Waals surface area contributed by atoms with Crippen molar-refractivity contribution in [1.82, 2.24) is 9.88 Å². The molecule has 1 fully saturated rings. The quantitative estimate of drug-likeness (QED) is 0.425. The van der Waals surface area contributed by atoms with Crippen LogP contribution >= 0.6 is 15.9 Å². The third kappa shape index (κ3) is 4.22. The van der Waals surface area contributed by atoms with Crippen molar-refractivity contribution in [1.29, 1.82) is 0 Å². The average molecular weight is 468 g/mol. The SMILES string of the molecule is O=[N+]([O-])[C@H]1C(c2ccccc2Br)CCN(Cc2cccnc2)[C@@H]1c1ccc(O)cc1. The zero-order chi connectivity index (χ0) is 21.1. The molecule has 0 saturated carbocycles. The average Bonchev–Trinajstić information content (AvgIpc) is 2.75. The Morgan fingerprint density at radius 2 is 1.90 bits per heavy atom. The van der Waals surface area contributed by atoms with Crippen LogP contribution in [-0.4, -0.2) is 32.5 Å². The van der Waals surface area contributed by atoms with Crippen molar-refractivity contribution in [3.63, 3.8) is 0 Å². The molecule has 0 aliphatic carbocycles. The maximum atomic E-state index is 12.4. The lowest BCUT2D eigenvalue weighted by Crippen LogP contribution is -2.48. The van der Waals surface area contributed by atoms with Gasteiger partial charge in [-0.3, -0.25) is 20.0 Å². The molecular weight excluding hydrogens is 446 g/mol. The molecule has 0 bridgehead atoms. The van der Waals surface area contributed by atoms with Gasteiger partial charge in [0.2, 0.25) is 6.04 Å². The largest absolute Gasteiger partial charge is 0.508 e. The standard InChI is InChI=1S/C23H22BrN3O3/c24-21-6-2-1-5-19(21)20-11-13-26(15-16-4-3-12-25-14-16)22(23(20)27(29)30)17-7-9-18(28)10-8-17/h1-10,12,14,20,22-23,28H,11,13,15H2/t20?,22-,23+/m1/s1. The lowest BCUT2D eigenvalue weighted by Gasteiger charge is -2.41. The summed E-state index contributed by atoms with van der Waals surface area (Å²) in [6, 6.07) is 17.1. The van der Waals surface area contributed by atoms with Crippen LogP contribution in [0.3, 0.4) is 0 Å². The molecule has 1 aromatic heterocycles. The molecule has 3 aromatic rings. The highest BCUT2D eigenvalue weighted by Gasteiger charge is 2.47. The number of phenols is 1. The lowest BCUT2D eigenvalue weighted by atomic mass is 9.78. The van der Waals surface area contributed by atoms with E-state index in [9.17, 15) is 15.2 Å². The van der Waals surface area contributed by atoms with Crippen LogP contribution in [0.5, 0.6) is 5.75 Å². The number of nitrogens with zero attached hydrogens (tertiary/aromatic N) is 3. The third-order valence-corrected chi connectivity index (χ3v) is 6.47. The van der Waals surface area contributed by atoms with Gasteiger partial charge in [0.15, 0.2) is 0 Å². The monoisotopic (exact) mass is 467 g/mol. The van der Waals surface area contributed by atoms with E-state index in [-0.39, 0.29) is 16.6 Å². The van der Waals surface area contributed by atoms with Gasteiger partial charge in [0.25, 0.3) is 0 Å². The molecule has 7 heteroatoms. The Kier molecular flexibility index (Phi) is 6.11. The zero-order valence-electron chi connectivity index (χ0n) is 16.3. The number of hydrogen-bond acceptors (Lipinski definition) is 5. The van der Waals surface area contributed by atoms with E-state index in [4.69, 9.17) is 0 Å². The minimum atomic E-state index is -0.821. The Balaban J connectivity index is 1.77. The van der Waals surface area contributed by atoms with Gasteiger partial charge in [-0.05, 0) is 47.4 Å². The van der Waals surface area contributed by atoms with Crippen LogP contribution in [0.2, 0.25) is 0 Å². The number of benzene rings is 2. The van der Waals surface area contributed by atoms with Gasteiger partial charge in [-0.25, -0.2) is 0 Å². The minimum absolute atomic E-state index is 0.142. The summed E-state index contributed by atoms with van der Waals surface area (Å²) in [5.74, 6) is -0.0760. The Hall–Kier alpha value is -2.77. The number of hydrogen-bond donors (Lipinski definition) is 1. The van der Waals surface area contributed by atoms with Gasteiger partial charge in [-0.1, -0.05) is 52.3 Å². The second-order valence-electron chi connectivity index (χ2n) is 7.56. The normalized spacial score (nSPS) is 22.0. The first-order chi connectivity index (χ1) is 14.5. The fraction of sp³-hybridized carbons (Fsp3) is 0.261. The predicted octanol–water partition coefficient (Wildman–Crippen LogP) is 4.93. The van der Waals surface area contributed by atoms with Crippen LogP contribution in [-0.2, 0) is 6.54 Å². The predicted molar refractivity (Wildman–Crippen MR) is 118 cm³/mol. The van der Waals surface area contributed by atoms with Crippen LogP contribution in [0.4, 0.5) is 0 Å². The van der Waals surface area contributed by atoms with Crippen LogP contribution in [0.25, 0.3) is 0 Å². The van der Waals surface area contributed by atoms with Gasteiger partial charge < -0.3 is 5.11 Å². The van der Waals surface area contributed by atoms with E-state index in [1.165, 1.54) is 0 Å². The molecule has 154 valence electrons. The van der Waals surface area contributed by atoms with Crippen molar-refractivity contribution in [2.75, 3.05) is 6.54 Å². The Bertz CT molecular complexity index is 1010. The fourth-order valence-corrected chi connectivity index (χ4v) is 4.99. The minimum Gasteiger partial charge on any atom is -0.508 e. The van der Waals surface area contributed by atoms with Gasteiger partial charge in [-0.15, -0.1) is 0 Å².